The first kappa shape index (κ1) is 12.7. The molecule has 15 heavy (non-hydrogen) atoms. The zero-order valence-corrected chi connectivity index (χ0v) is 10.5. The summed E-state index contributed by atoms with van der Waals surface area (Å²) in [5.74, 6) is 0. The van der Waals surface area contributed by atoms with Crippen molar-refractivity contribution in [2.45, 2.75) is 49.7 Å². The van der Waals surface area contributed by atoms with Crippen molar-refractivity contribution in [1.82, 2.24) is 0 Å². The minimum atomic E-state index is -2.99. The van der Waals surface area contributed by atoms with Crippen LogP contribution < -0.4 is 0 Å². The van der Waals surface area contributed by atoms with E-state index in [-0.39, 0.29) is 16.6 Å². The summed E-state index contributed by atoms with van der Waals surface area (Å²) in [6.07, 6.45) is 1.93. The molecule has 4 heteroatoms. The number of ether oxygens (including phenoxy) is 1. The van der Waals surface area contributed by atoms with Crippen molar-refractivity contribution in [3.05, 3.63) is 12.2 Å². The highest BCUT2D eigenvalue weighted by molar-refractivity contribution is 7.92. The minimum absolute atomic E-state index is 0.0859. The van der Waals surface area contributed by atoms with Crippen LogP contribution in [0.25, 0.3) is 0 Å². The van der Waals surface area contributed by atoms with E-state index >= 15 is 0 Å². The predicted octanol–water partition coefficient (Wildman–Crippen LogP) is 1.93. The molecule has 0 aliphatic heterocycles. The molecule has 1 saturated carbocycles. The quantitative estimate of drug-likeness (QED) is 0.698. The second kappa shape index (κ2) is 4.66. The molecule has 2 atom stereocenters. The molecule has 3 nitrogen and oxygen atoms in total. The molecule has 0 bridgehead atoms. The Morgan fingerprint density at radius 2 is 2.07 bits per heavy atom. The van der Waals surface area contributed by atoms with E-state index in [1.807, 2.05) is 0 Å². The summed E-state index contributed by atoms with van der Waals surface area (Å²) in [6, 6.07) is 0. The van der Waals surface area contributed by atoms with Crippen molar-refractivity contribution in [3.63, 3.8) is 0 Å². The molecule has 2 unspecified atom stereocenters. The number of rotatable bonds is 3. The molecule has 0 amide bonds. The highest BCUT2D eigenvalue weighted by atomic mass is 32.2. The van der Waals surface area contributed by atoms with Gasteiger partial charge in [0.2, 0.25) is 0 Å². The molecule has 88 valence electrons. The fraction of sp³-hybridized carbons (Fsp3) is 0.818. The Morgan fingerprint density at radius 3 is 2.53 bits per heavy atom. The van der Waals surface area contributed by atoms with Crippen molar-refractivity contribution in [3.8, 4) is 0 Å². The molecule has 1 aliphatic carbocycles. The maximum Gasteiger partial charge on any atom is 0.155 e. The monoisotopic (exact) mass is 232 g/mol. The molecule has 1 fully saturated rings. The van der Waals surface area contributed by atoms with Crippen LogP contribution in [0.3, 0.4) is 0 Å². The van der Waals surface area contributed by atoms with Gasteiger partial charge in [-0.2, -0.15) is 0 Å². The summed E-state index contributed by atoms with van der Waals surface area (Å²) in [5.41, 5.74) is 1.02. The topological polar surface area (TPSA) is 43.4 Å². The molecule has 0 aromatic carbocycles. The van der Waals surface area contributed by atoms with Crippen molar-refractivity contribution in [1.29, 1.82) is 0 Å². The maximum absolute atomic E-state index is 12.0. The van der Waals surface area contributed by atoms with E-state index in [0.717, 1.165) is 12.0 Å². The minimum Gasteiger partial charge on any atom is -0.377 e. The van der Waals surface area contributed by atoms with E-state index in [2.05, 4.69) is 6.58 Å². The molecule has 0 aromatic heterocycles. The van der Waals surface area contributed by atoms with Crippen molar-refractivity contribution < 1.29 is 13.2 Å². The van der Waals surface area contributed by atoms with Crippen molar-refractivity contribution in [2.24, 2.45) is 0 Å². The second-order valence-electron chi connectivity index (χ2n) is 4.42. The van der Waals surface area contributed by atoms with Crippen LogP contribution >= 0.6 is 0 Å². The van der Waals surface area contributed by atoms with Crippen molar-refractivity contribution >= 4 is 9.84 Å². The van der Waals surface area contributed by atoms with Gasteiger partial charge in [-0.3, -0.25) is 0 Å². The van der Waals surface area contributed by atoms with E-state index in [0.29, 0.717) is 12.8 Å². The third-order valence-corrected chi connectivity index (χ3v) is 5.80. The number of sulfone groups is 1. The fourth-order valence-electron chi connectivity index (χ4n) is 1.98. The van der Waals surface area contributed by atoms with Crippen LogP contribution in [0.1, 0.15) is 33.1 Å². The number of hydrogen-bond donors (Lipinski definition) is 0. The Hall–Kier alpha value is -0.350. The predicted molar refractivity (Wildman–Crippen MR) is 61.6 cm³/mol. The first-order valence-electron chi connectivity index (χ1n) is 5.32. The largest absolute Gasteiger partial charge is 0.377 e. The van der Waals surface area contributed by atoms with Crippen LogP contribution in [-0.4, -0.2) is 32.1 Å². The van der Waals surface area contributed by atoms with Gasteiger partial charge in [-0.25, -0.2) is 8.42 Å². The number of hydrogen-bond acceptors (Lipinski definition) is 3. The van der Waals surface area contributed by atoms with Gasteiger partial charge in [-0.15, -0.1) is 0 Å². The average Bonchev–Trinajstić information content (AvgIpc) is 2.18. The highest BCUT2D eigenvalue weighted by Gasteiger charge is 2.34. The van der Waals surface area contributed by atoms with Gasteiger partial charge < -0.3 is 4.74 Å². The summed E-state index contributed by atoms with van der Waals surface area (Å²) in [7, 11) is -1.38. The third-order valence-electron chi connectivity index (χ3n) is 3.13. The van der Waals surface area contributed by atoms with Crippen LogP contribution in [0.15, 0.2) is 12.2 Å². The Morgan fingerprint density at radius 1 is 1.47 bits per heavy atom. The molecule has 0 radical (unpaired) electrons. The van der Waals surface area contributed by atoms with Crippen molar-refractivity contribution in [2.75, 3.05) is 7.11 Å². The van der Waals surface area contributed by atoms with Gasteiger partial charge >= 0.3 is 0 Å². The van der Waals surface area contributed by atoms with Crippen LogP contribution in [-0.2, 0) is 14.6 Å². The molecule has 0 saturated heterocycles. The fourth-order valence-corrected chi connectivity index (χ4v) is 3.64. The van der Waals surface area contributed by atoms with Crippen LogP contribution in [0.4, 0.5) is 0 Å². The normalized spacial score (nSPS) is 28.4. The van der Waals surface area contributed by atoms with Gasteiger partial charge in [0.15, 0.2) is 9.84 Å². The van der Waals surface area contributed by atoms with E-state index in [1.165, 1.54) is 0 Å². The Kier molecular flexibility index (Phi) is 3.95. The van der Waals surface area contributed by atoms with Gasteiger partial charge in [-0.05, 0) is 38.7 Å². The summed E-state index contributed by atoms with van der Waals surface area (Å²) < 4.78 is 29.2. The summed E-state index contributed by atoms with van der Waals surface area (Å²) in [6.45, 7) is 7.38. The SMILES string of the molecule is C=C1CCC(S(=O)(=O)C(C)C)CC1OC. The zero-order chi connectivity index (χ0) is 11.6. The summed E-state index contributed by atoms with van der Waals surface area (Å²) in [4.78, 5) is 0. The van der Waals surface area contributed by atoms with Gasteiger partial charge in [0, 0.05) is 7.11 Å². The molecule has 1 aliphatic rings. The zero-order valence-electron chi connectivity index (χ0n) is 9.69. The van der Waals surface area contributed by atoms with Gasteiger partial charge in [0.1, 0.15) is 0 Å². The lowest BCUT2D eigenvalue weighted by Gasteiger charge is -2.30. The Labute approximate surface area is 92.4 Å². The molecule has 0 N–H and O–H groups in total. The molecular weight excluding hydrogens is 212 g/mol. The molecule has 0 spiro atoms. The first-order chi connectivity index (χ1) is 6.89. The molecule has 0 heterocycles. The lowest BCUT2D eigenvalue weighted by Crippen LogP contribution is -2.36. The Bertz CT molecular complexity index is 330. The molecular formula is C11H20O3S. The Balaban J connectivity index is 2.79. The summed E-state index contributed by atoms with van der Waals surface area (Å²) >= 11 is 0. The maximum atomic E-state index is 12.0. The number of methoxy groups -OCH3 is 1. The smallest absolute Gasteiger partial charge is 0.155 e. The van der Waals surface area contributed by atoms with E-state index < -0.39 is 9.84 Å². The van der Waals surface area contributed by atoms with E-state index in [4.69, 9.17) is 4.74 Å². The molecule has 1 rings (SSSR count). The second-order valence-corrected chi connectivity index (χ2v) is 7.20. The van der Waals surface area contributed by atoms with Crippen LogP contribution in [0.5, 0.6) is 0 Å². The van der Waals surface area contributed by atoms with Gasteiger partial charge in [-0.1, -0.05) is 6.58 Å². The third kappa shape index (κ3) is 2.61. The highest BCUT2D eigenvalue weighted by Crippen LogP contribution is 2.30. The average molecular weight is 232 g/mol. The molecule has 0 aromatic rings. The first-order valence-corrected chi connectivity index (χ1v) is 6.93. The van der Waals surface area contributed by atoms with E-state index in [1.54, 1.807) is 21.0 Å². The standard InChI is InChI=1S/C11H20O3S/c1-8(2)15(12,13)10-6-5-9(3)11(7-10)14-4/h8,10-11H,3,5-7H2,1-2,4H3. The van der Waals surface area contributed by atoms with Gasteiger partial charge in [0.25, 0.3) is 0 Å². The van der Waals surface area contributed by atoms with Gasteiger partial charge in [0.05, 0.1) is 16.6 Å². The van der Waals surface area contributed by atoms with Crippen LogP contribution in [0.2, 0.25) is 0 Å². The summed E-state index contributed by atoms with van der Waals surface area (Å²) in [5, 5.41) is -0.556. The van der Waals surface area contributed by atoms with E-state index in [9.17, 15) is 8.42 Å². The lowest BCUT2D eigenvalue weighted by molar-refractivity contribution is 0.111. The lowest BCUT2D eigenvalue weighted by atomic mass is 9.93. The van der Waals surface area contributed by atoms with Crippen LogP contribution in [0, 0.1) is 0 Å².